The molecule has 0 aliphatic rings. The van der Waals surface area contributed by atoms with Crippen LogP contribution in [-0.2, 0) is 17.8 Å². The Morgan fingerprint density at radius 2 is 1.83 bits per heavy atom. The number of hydrogen-bond acceptors (Lipinski definition) is 3. The molecule has 2 rings (SSSR count). The van der Waals surface area contributed by atoms with Gasteiger partial charge in [0.25, 0.3) is 0 Å². The Morgan fingerprint density at radius 3 is 2.61 bits per heavy atom. The number of rotatable bonds is 4. The lowest BCUT2D eigenvalue weighted by atomic mass is 10.1. The van der Waals surface area contributed by atoms with E-state index in [1.54, 1.807) is 0 Å². The molecule has 0 saturated carbocycles. The Labute approximate surface area is 135 Å². The summed E-state index contributed by atoms with van der Waals surface area (Å²) in [5.41, 5.74) is 2.61. The summed E-state index contributed by atoms with van der Waals surface area (Å²) >= 11 is 0. The minimum absolute atomic E-state index is 0.189. The van der Waals surface area contributed by atoms with Crippen molar-refractivity contribution in [3.63, 3.8) is 0 Å². The molecule has 2 aromatic rings. The van der Waals surface area contributed by atoms with Gasteiger partial charge in [-0.2, -0.15) is 5.26 Å². The number of nitrogens with one attached hydrogen (secondary N) is 1. The monoisotopic (exact) mass is 304 g/mol. The van der Waals surface area contributed by atoms with Crippen LogP contribution in [0.4, 0.5) is 4.79 Å². The third kappa shape index (κ3) is 5.57. The summed E-state index contributed by atoms with van der Waals surface area (Å²) in [6.07, 6.45) is -0.189. The summed E-state index contributed by atoms with van der Waals surface area (Å²) in [7, 11) is 0. The quantitative estimate of drug-likeness (QED) is 0.883. The summed E-state index contributed by atoms with van der Waals surface area (Å²) in [4.78, 5) is 11.6. The van der Waals surface area contributed by atoms with Gasteiger partial charge in [-0.3, -0.25) is 0 Å². The lowest BCUT2D eigenvalue weighted by Gasteiger charge is -2.04. The van der Waals surface area contributed by atoms with Crippen LogP contribution in [0.1, 0.15) is 16.7 Å². The Kier molecular flexibility index (Phi) is 6.26. The highest BCUT2D eigenvalue weighted by Gasteiger charge is 2.00. The highest BCUT2D eigenvalue weighted by atomic mass is 16.5. The molecule has 1 amide bonds. The molecule has 0 radical (unpaired) electrons. The summed E-state index contributed by atoms with van der Waals surface area (Å²) in [6, 6.07) is 19.0. The van der Waals surface area contributed by atoms with Gasteiger partial charge < -0.3 is 10.1 Å². The van der Waals surface area contributed by atoms with Crippen LogP contribution in [0.2, 0.25) is 0 Å². The second-order valence-corrected chi connectivity index (χ2v) is 4.71. The van der Waals surface area contributed by atoms with E-state index >= 15 is 0 Å². The number of nitriles is 1. The molecule has 0 bridgehead atoms. The lowest BCUT2D eigenvalue weighted by Crippen LogP contribution is -2.24. The molecule has 2 aromatic carbocycles. The van der Waals surface area contributed by atoms with E-state index in [9.17, 15) is 4.79 Å². The first-order chi connectivity index (χ1) is 11.3. The van der Waals surface area contributed by atoms with Crippen molar-refractivity contribution in [2.75, 3.05) is 6.54 Å². The Hall–Kier alpha value is -3.24. The number of benzene rings is 2. The molecule has 0 aromatic heterocycles. The van der Waals surface area contributed by atoms with Crippen molar-refractivity contribution in [1.29, 1.82) is 5.26 Å². The third-order valence-electron chi connectivity index (χ3n) is 3.04. The predicted molar refractivity (Wildman–Crippen MR) is 87.3 cm³/mol. The van der Waals surface area contributed by atoms with Gasteiger partial charge in [0.15, 0.2) is 0 Å². The highest BCUT2D eigenvalue weighted by Crippen LogP contribution is 2.07. The van der Waals surface area contributed by atoms with Crippen LogP contribution in [0.5, 0.6) is 0 Å². The van der Waals surface area contributed by atoms with Crippen LogP contribution in [0.3, 0.4) is 0 Å². The topological polar surface area (TPSA) is 62.1 Å². The third-order valence-corrected chi connectivity index (χ3v) is 3.04. The van der Waals surface area contributed by atoms with Gasteiger partial charge in [0.1, 0.15) is 6.61 Å². The number of ether oxygens (including phenoxy) is 1. The van der Waals surface area contributed by atoms with Gasteiger partial charge in [-0.1, -0.05) is 60.4 Å². The van der Waals surface area contributed by atoms with Crippen molar-refractivity contribution in [2.45, 2.75) is 13.0 Å². The SMILES string of the molecule is N#CCc1ccccc1C#CCNC(=O)OCc1ccccc1. The largest absolute Gasteiger partial charge is 0.445 e. The van der Waals surface area contributed by atoms with Gasteiger partial charge in [0.2, 0.25) is 0 Å². The van der Waals surface area contributed by atoms with Crippen LogP contribution < -0.4 is 5.32 Å². The molecule has 0 heterocycles. The Morgan fingerprint density at radius 1 is 1.09 bits per heavy atom. The molecule has 0 spiro atoms. The number of carbonyl (C=O) groups excluding carboxylic acids is 1. The van der Waals surface area contributed by atoms with E-state index in [0.717, 1.165) is 16.7 Å². The van der Waals surface area contributed by atoms with Gasteiger partial charge in [-0.15, -0.1) is 0 Å². The van der Waals surface area contributed by atoms with E-state index in [1.165, 1.54) is 0 Å². The molecule has 0 fully saturated rings. The molecule has 0 saturated heterocycles. The van der Waals surface area contributed by atoms with E-state index in [1.807, 2.05) is 54.6 Å². The summed E-state index contributed by atoms with van der Waals surface area (Å²) in [5, 5.41) is 11.3. The standard InChI is InChI=1S/C19H16N2O2/c20-13-12-18-10-5-4-9-17(18)11-6-14-21-19(22)23-15-16-7-2-1-3-8-16/h1-5,7-10H,12,14-15H2,(H,21,22). The Balaban J connectivity index is 1.79. The lowest BCUT2D eigenvalue weighted by molar-refractivity contribution is 0.141. The highest BCUT2D eigenvalue weighted by molar-refractivity contribution is 5.67. The molecule has 0 unspecified atom stereocenters. The van der Waals surface area contributed by atoms with E-state index < -0.39 is 6.09 Å². The van der Waals surface area contributed by atoms with E-state index in [0.29, 0.717) is 6.42 Å². The maximum Gasteiger partial charge on any atom is 0.408 e. The second-order valence-electron chi connectivity index (χ2n) is 4.71. The molecule has 1 N–H and O–H groups in total. The minimum Gasteiger partial charge on any atom is -0.445 e. The van der Waals surface area contributed by atoms with Gasteiger partial charge in [-0.05, 0) is 17.2 Å². The molecule has 23 heavy (non-hydrogen) atoms. The first kappa shape index (κ1) is 16.1. The van der Waals surface area contributed by atoms with Gasteiger partial charge >= 0.3 is 6.09 Å². The number of amides is 1. The minimum atomic E-state index is -0.506. The molecular weight excluding hydrogens is 288 g/mol. The van der Waals surface area contributed by atoms with Crippen LogP contribution in [-0.4, -0.2) is 12.6 Å². The first-order valence-electron chi connectivity index (χ1n) is 7.18. The molecular formula is C19H16N2O2. The normalized spacial score (nSPS) is 9.17. The van der Waals surface area contributed by atoms with Gasteiger partial charge in [-0.25, -0.2) is 4.79 Å². The average molecular weight is 304 g/mol. The maximum absolute atomic E-state index is 11.6. The van der Waals surface area contributed by atoms with Gasteiger partial charge in [0.05, 0.1) is 19.0 Å². The van der Waals surface area contributed by atoms with E-state index in [4.69, 9.17) is 10.00 Å². The van der Waals surface area contributed by atoms with Crippen molar-refractivity contribution >= 4 is 6.09 Å². The zero-order valence-corrected chi connectivity index (χ0v) is 12.6. The van der Waals surface area contributed by atoms with Crippen LogP contribution in [0.15, 0.2) is 54.6 Å². The number of hydrogen-bond donors (Lipinski definition) is 1. The van der Waals surface area contributed by atoms with Crippen molar-refractivity contribution in [2.24, 2.45) is 0 Å². The van der Waals surface area contributed by atoms with Crippen LogP contribution >= 0.6 is 0 Å². The van der Waals surface area contributed by atoms with Crippen LogP contribution in [0.25, 0.3) is 0 Å². The molecule has 4 heteroatoms. The average Bonchev–Trinajstić information content (AvgIpc) is 2.59. The number of nitrogens with zero attached hydrogens (tertiary/aromatic N) is 1. The summed E-state index contributed by atoms with van der Waals surface area (Å²) < 4.78 is 5.08. The molecule has 4 nitrogen and oxygen atoms in total. The van der Waals surface area contributed by atoms with Crippen molar-refractivity contribution in [3.05, 3.63) is 71.3 Å². The zero-order valence-electron chi connectivity index (χ0n) is 12.6. The first-order valence-corrected chi connectivity index (χ1v) is 7.18. The molecule has 0 aliphatic heterocycles. The maximum atomic E-state index is 11.6. The fourth-order valence-electron chi connectivity index (χ4n) is 1.91. The molecule has 0 aliphatic carbocycles. The summed E-state index contributed by atoms with van der Waals surface area (Å²) in [5.74, 6) is 5.81. The van der Waals surface area contributed by atoms with Crippen molar-refractivity contribution in [1.82, 2.24) is 5.32 Å². The van der Waals surface area contributed by atoms with E-state index in [-0.39, 0.29) is 13.2 Å². The molecule has 114 valence electrons. The smallest absolute Gasteiger partial charge is 0.408 e. The number of carbonyl (C=O) groups is 1. The molecule has 0 atom stereocenters. The van der Waals surface area contributed by atoms with Crippen molar-refractivity contribution < 1.29 is 9.53 Å². The fraction of sp³-hybridized carbons (Fsp3) is 0.158. The van der Waals surface area contributed by atoms with Crippen molar-refractivity contribution in [3.8, 4) is 17.9 Å². The second kappa shape index (κ2) is 8.92. The summed E-state index contributed by atoms with van der Waals surface area (Å²) in [6.45, 7) is 0.416. The Bertz CT molecular complexity index is 752. The van der Waals surface area contributed by atoms with Crippen LogP contribution in [0, 0.1) is 23.2 Å². The predicted octanol–water partition coefficient (Wildman–Crippen LogP) is 3.03. The van der Waals surface area contributed by atoms with E-state index in [2.05, 4.69) is 23.2 Å². The zero-order chi connectivity index (χ0) is 16.3. The fourth-order valence-corrected chi connectivity index (χ4v) is 1.91. The number of alkyl carbamates (subject to hydrolysis) is 1. The van der Waals surface area contributed by atoms with Gasteiger partial charge in [0, 0.05) is 5.56 Å².